The molecule has 0 aliphatic carbocycles. The van der Waals surface area contributed by atoms with Crippen LogP contribution in [0, 0.1) is 0 Å². The summed E-state index contributed by atoms with van der Waals surface area (Å²) in [4.78, 5) is 11.8. The maximum absolute atomic E-state index is 9.92. The normalized spacial score (nSPS) is 10.2. The molecule has 0 aliphatic rings. The molecule has 0 atom stereocenters. The topological polar surface area (TPSA) is 17.1 Å². The molecule has 0 aromatic heterocycles. The standard InChI is InChI=1S/C9H8OSe/c10-7-4-8-11-9-5-2-1-3-6-9/h1-8H/b8-4-. The van der Waals surface area contributed by atoms with E-state index in [1.807, 2.05) is 23.2 Å². The molecule has 0 radical (unpaired) electrons. The monoisotopic (exact) mass is 212 g/mol. The molecule has 0 amide bonds. The van der Waals surface area contributed by atoms with Crippen LogP contribution in [0.2, 0.25) is 0 Å². The van der Waals surface area contributed by atoms with Crippen LogP contribution in [0.5, 0.6) is 0 Å². The van der Waals surface area contributed by atoms with Gasteiger partial charge in [0.2, 0.25) is 0 Å². The average Bonchev–Trinajstić information content (AvgIpc) is 2.07. The van der Waals surface area contributed by atoms with Crippen molar-refractivity contribution in [2.45, 2.75) is 0 Å². The Bertz CT molecular complexity index is 241. The first kappa shape index (κ1) is 8.25. The van der Waals surface area contributed by atoms with Crippen LogP contribution < -0.4 is 4.46 Å². The Kier molecular flexibility index (Phi) is 3.67. The van der Waals surface area contributed by atoms with E-state index >= 15 is 0 Å². The van der Waals surface area contributed by atoms with Gasteiger partial charge in [-0.3, -0.25) is 0 Å². The molecule has 0 fully saturated rings. The van der Waals surface area contributed by atoms with Gasteiger partial charge in [-0.25, -0.2) is 0 Å². The summed E-state index contributed by atoms with van der Waals surface area (Å²) in [7, 11) is 0. The van der Waals surface area contributed by atoms with Crippen LogP contribution in [0.4, 0.5) is 0 Å². The van der Waals surface area contributed by atoms with Gasteiger partial charge < -0.3 is 0 Å². The predicted molar refractivity (Wildman–Crippen MR) is 47.0 cm³/mol. The van der Waals surface area contributed by atoms with Gasteiger partial charge in [-0.05, 0) is 0 Å². The zero-order chi connectivity index (χ0) is 7.94. The van der Waals surface area contributed by atoms with Crippen LogP contribution in [0.25, 0.3) is 0 Å². The molecule has 1 aromatic carbocycles. The molecule has 0 heterocycles. The quantitative estimate of drug-likeness (QED) is 0.409. The second-order valence-corrected chi connectivity index (χ2v) is 3.95. The summed E-state index contributed by atoms with van der Waals surface area (Å²) in [5, 5.41) is 0. The molecule has 0 unspecified atom stereocenters. The Morgan fingerprint density at radius 3 is 2.55 bits per heavy atom. The van der Waals surface area contributed by atoms with E-state index in [0.29, 0.717) is 15.0 Å². The van der Waals surface area contributed by atoms with Crippen molar-refractivity contribution < 1.29 is 4.79 Å². The third-order valence-electron chi connectivity index (χ3n) is 1.10. The molecule has 1 rings (SSSR count). The molecule has 2 heteroatoms. The maximum atomic E-state index is 9.92. The van der Waals surface area contributed by atoms with E-state index < -0.39 is 0 Å². The van der Waals surface area contributed by atoms with Gasteiger partial charge in [-0.1, -0.05) is 0 Å². The van der Waals surface area contributed by atoms with E-state index in [1.54, 1.807) is 6.08 Å². The zero-order valence-corrected chi connectivity index (χ0v) is 7.65. The summed E-state index contributed by atoms with van der Waals surface area (Å²) < 4.78 is 1.29. The minimum atomic E-state index is 0.308. The van der Waals surface area contributed by atoms with Crippen LogP contribution in [0.15, 0.2) is 41.4 Å². The van der Waals surface area contributed by atoms with Crippen molar-refractivity contribution in [3.63, 3.8) is 0 Å². The van der Waals surface area contributed by atoms with Crippen LogP contribution in [0.1, 0.15) is 0 Å². The van der Waals surface area contributed by atoms with E-state index in [1.165, 1.54) is 4.46 Å². The number of carbonyl (C=O) groups is 1. The first-order valence-corrected chi connectivity index (χ1v) is 5.10. The van der Waals surface area contributed by atoms with Gasteiger partial charge in [0.05, 0.1) is 0 Å². The molecule has 0 aliphatic heterocycles. The van der Waals surface area contributed by atoms with Crippen molar-refractivity contribution in [1.29, 1.82) is 0 Å². The third-order valence-corrected chi connectivity index (χ3v) is 2.86. The second-order valence-electron chi connectivity index (χ2n) is 1.90. The molecule has 0 saturated carbocycles. The summed E-state index contributed by atoms with van der Waals surface area (Å²) in [6, 6.07) is 10.1. The van der Waals surface area contributed by atoms with Crippen LogP contribution in [-0.2, 0) is 4.79 Å². The molecule has 11 heavy (non-hydrogen) atoms. The summed E-state index contributed by atoms with van der Waals surface area (Å²) >= 11 is 0.308. The Morgan fingerprint density at radius 2 is 1.91 bits per heavy atom. The summed E-state index contributed by atoms with van der Waals surface area (Å²) in [6.07, 6.45) is 2.36. The molecule has 0 N–H and O–H groups in total. The molecule has 56 valence electrons. The fraction of sp³-hybridized carbons (Fsp3) is 0. The van der Waals surface area contributed by atoms with Crippen LogP contribution in [0.3, 0.4) is 0 Å². The number of hydrogen-bond acceptors (Lipinski definition) is 1. The number of allylic oxidation sites excluding steroid dienone is 1. The number of aldehydes is 1. The Labute approximate surface area is 72.3 Å². The van der Waals surface area contributed by atoms with Crippen molar-refractivity contribution in [3.05, 3.63) is 41.4 Å². The fourth-order valence-electron chi connectivity index (χ4n) is 0.649. The summed E-state index contributed by atoms with van der Waals surface area (Å²) in [6.45, 7) is 0. The van der Waals surface area contributed by atoms with Crippen LogP contribution >= 0.6 is 0 Å². The van der Waals surface area contributed by atoms with Gasteiger partial charge in [-0.15, -0.1) is 0 Å². The van der Waals surface area contributed by atoms with Gasteiger partial charge in [-0.2, -0.15) is 0 Å². The molecule has 0 spiro atoms. The van der Waals surface area contributed by atoms with Gasteiger partial charge in [0.15, 0.2) is 0 Å². The number of carbonyl (C=O) groups excluding carboxylic acids is 1. The Morgan fingerprint density at radius 1 is 1.18 bits per heavy atom. The van der Waals surface area contributed by atoms with E-state index in [4.69, 9.17) is 0 Å². The van der Waals surface area contributed by atoms with Crippen molar-refractivity contribution >= 4 is 25.7 Å². The van der Waals surface area contributed by atoms with E-state index in [9.17, 15) is 4.79 Å². The van der Waals surface area contributed by atoms with Gasteiger partial charge in [0.1, 0.15) is 0 Å². The first-order chi connectivity index (χ1) is 5.43. The van der Waals surface area contributed by atoms with Gasteiger partial charge in [0.25, 0.3) is 0 Å². The molecule has 0 saturated heterocycles. The molecule has 0 bridgehead atoms. The summed E-state index contributed by atoms with van der Waals surface area (Å²) in [5.41, 5.74) is 0. The van der Waals surface area contributed by atoms with E-state index in [2.05, 4.69) is 12.1 Å². The fourth-order valence-corrected chi connectivity index (χ4v) is 1.94. The molecule has 1 aromatic rings. The van der Waals surface area contributed by atoms with Crippen molar-refractivity contribution in [3.8, 4) is 0 Å². The Balaban J connectivity index is 2.51. The van der Waals surface area contributed by atoms with Crippen molar-refractivity contribution in [2.24, 2.45) is 0 Å². The SMILES string of the molecule is O=C/C=C\[Se]c1ccccc1. The molecular formula is C9H8OSe. The second kappa shape index (κ2) is 4.89. The third kappa shape index (κ3) is 3.17. The number of hydrogen-bond donors (Lipinski definition) is 0. The van der Waals surface area contributed by atoms with Crippen LogP contribution in [-0.4, -0.2) is 21.2 Å². The van der Waals surface area contributed by atoms with Crippen molar-refractivity contribution in [1.82, 2.24) is 0 Å². The minimum absolute atomic E-state index is 0.308. The summed E-state index contributed by atoms with van der Waals surface area (Å²) in [5.74, 6) is 0. The van der Waals surface area contributed by atoms with Gasteiger partial charge in [0, 0.05) is 0 Å². The average molecular weight is 211 g/mol. The molecule has 1 nitrogen and oxygen atoms in total. The zero-order valence-electron chi connectivity index (χ0n) is 5.94. The number of benzene rings is 1. The Hall–Kier alpha value is -0.851. The van der Waals surface area contributed by atoms with E-state index in [0.717, 1.165) is 6.29 Å². The van der Waals surface area contributed by atoms with E-state index in [-0.39, 0.29) is 0 Å². The predicted octanol–water partition coefficient (Wildman–Crippen LogP) is 0.729. The molecular weight excluding hydrogens is 203 g/mol. The van der Waals surface area contributed by atoms with Gasteiger partial charge >= 0.3 is 71.9 Å². The van der Waals surface area contributed by atoms with Crippen molar-refractivity contribution in [2.75, 3.05) is 0 Å². The first-order valence-electron chi connectivity index (χ1n) is 3.25. The number of rotatable bonds is 3.